The summed E-state index contributed by atoms with van der Waals surface area (Å²) >= 11 is 0. The third-order valence-corrected chi connectivity index (χ3v) is 2.95. The molecule has 0 aromatic heterocycles. The normalized spacial score (nSPS) is 13.3. The quantitative estimate of drug-likeness (QED) is 0.828. The van der Waals surface area contributed by atoms with E-state index in [-0.39, 0.29) is 11.1 Å². The van der Waals surface area contributed by atoms with Crippen LogP contribution in [-0.2, 0) is 6.18 Å². The summed E-state index contributed by atoms with van der Waals surface area (Å²) in [5.74, 6) is -3.10. The first kappa shape index (κ1) is 15.4. The van der Waals surface area contributed by atoms with Gasteiger partial charge in [0.05, 0.1) is 11.6 Å². The molecule has 0 aliphatic carbocycles. The maximum absolute atomic E-state index is 13.6. The van der Waals surface area contributed by atoms with E-state index < -0.39 is 35.2 Å². The van der Waals surface area contributed by atoms with Gasteiger partial charge >= 0.3 is 6.18 Å². The lowest BCUT2D eigenvalue weighted by molar-refractivity contribution is -0.140. The summed E-state index contributed by atoms with van der Waals surface area (Å²) in [5, 5.41) is 0. The van der Waals surface area contributed by atoms with E-state index in [1.807, 2.05) is 0 Å². The zero-order valence-corrected chi connectivity index (χ0v) is 10.4. The first-order chi connectivity index (χ1) is 9.70. The Morgan fingerprint density at radius 2 is 1.48 bits per heavy atom. The molecule has 7 heteroatoms. The molecular weight excluding hydrogens is 296 g/mol. The van der Waals surface area contributed by atoms with Crippen molar-refractivity contribution in [2.24, 2.45) is 5.73 Å². The highest BCUT2D eigenvalue weighted by atomic mass is 19.4. The monoisotopic (exact) mass is 305 g/mol. The van der Waals surface area contributed by atoms with Gasteiger partial charge < -0.3 is 5.73 Å². The van der Waals surface area contributed by atoms with Crippen molar-refractivity contribution in [3.63, 3.8) is 0 Å². The minimum atomic E-state index is -4.90. The predicted octanol–water partition coefficient (Wildman–Crippen LogP) is 4.17. The second-order valence-electron chi connectivity index (χ2n) is 4.38. The van der Waals surface area contributed by atoms with Gasteiger partial charge in [0.15, 0.2) is 0 Å². The third kappa shape index (κ3) is 3.18. The van der Waals surface area contributed by atoms with Crippen molar-refractivity contribution >= 4 is 0 Å². The van der Waals surface area contributed by atoms with Crippen molar-refractivity contribution in [2.75, 3.05) is 0 Å². The van der Waals surface area contributed by atoms with Gasteiger partial charge in [0.25, 0.3) is 0 Å². The zero-order chi connectivity index (χ0) is 15.8. The lowest BCUT2D eigenvalue weighted by Crippen LogP contribution is -2.16. The molecule has 0 fully saturated rings. The topological polar surface area (TPSA) is 26.0 Å². The SMILES string of the molecule is NC(c1ccc(F)c(C(F)(F)F)c1)c1cc(F)ccc1F. The van der Waals surface area contributed by atoms with Gasteiger partial charge in [-0.15, -0.1) is 0 Å². The molecule has 0 aliphatic heterocycles. The van der Waals surface area contributed by atoms with Crippen molar-refractivity contribution in [2.45, 2.75) is 12.2 Å². The molecule has 2 aromatic carbocycles. The second kappa shape index (κ2) is 5.40. The van der Waals surface area contributed by atoms with Crippen LogP contribution in [0, 0.1) is 17.5 Å². The Morgan fingerprint density at radius 1 is 0.857 bits per heavy atom. The second-order valence-corrected chi connectivity index (χ2v) is 4.38. The third-order valence-electron chi connectivity index (χ3n) is 2.95. The molecule has 2 rings (SSSR count). The van der Waals surface area contributed by atoms with Gasteiger partial charge in [0.1, 0.15) is 17.5 Å². The van der Waals surface area contributed by atoms with Crippen LogP contribution in [0.3, 0.4) is 0 Å². The molecule has 2 N–H and O–H groups in total. The van der Waals surface area contributed by atoms with Crippen LogP contribution in [-0.4, -0.2) is 0 Å². The zero-order valence-electron chi connectivity index (χ0n) is 10.4. The number of benzene rings is 2. The number of rotatable bonds is 2. The Kier molecular flexibility index (Phi) is 3.95. The van der Waals surface area contributed by atoms with Crippen molar-refractivity contribution in [3.8, 4) is 0 Å². The van der Waals surface area contributed by atoms with E-state index in [9.17, 15) is 26.3 Å². The molecule has 0 heterocycles. The van der Waals surface area contributed by atoms with E-state index >= 15 is 0 Å². The lowest BCUT2D eigenvalue weighted by atomic mass is 9.97. The molecular formula is C14H9F6N. The van der Waals surface area contributed by atoms with Gasteiger partial charge in [-0.1, -0.05) is 6.07 Å². The Balaban J connectivity index is 2.49. The molecule has 0 bridgehead atoms. The minimum absolute atomic E-state index is 0.173. The van der Waals surface area contributed by atoms with Gasteiger partial charge in [-0.2, -0.15) is 13.2 Å². The summed E-state index contributed by atoms with van der Waals surface area (Å²) in [7, 11) is 0. The average Bonchev–Trinajstić information content (AvgIpc) is 2.40. The summed E-state index contributed by atoms with van der Waals surface area (Å²) in [6, 6.07) is 3.20. The average molecular weight is 305 g/mol. The minimum Gasteiger partial charge on any atom is -0.320 e. The molecule has 0 saturated carbocycles. The van der Waals surface area contributed by atoms with E-state index in [2.05, 4.69) is 0 Å². The van der Waals surface area contributed by atoms with Crippen LogP contribution in [0.5, 0.6) is 0 Å². The van der Waals surface area contributed by atoms with Gasteiger partial charge in [-0.3, -0.25) is 0 Å². The van der Waals surface area contributed by atoms with Crippen LogP contribution in [0.25, 0.3) is 0 Å². The number of nitrogens with two attached hydrogens (primary N) is 1. The summed E-state index contributed by atoms with van der Waals surface area (Å²) in [6.45, 7) is 0. The Morgan fingerprint density at radius 3 is 2.10 bits per heavy atom. The largest absolute Gasteiger partial charge is 0.419 e. The van der Waals surface area contributed by atoms with Gasteiger partial charge in [-0.05, 0) is 35.9 Å². The molecule has 112 valence electrons. The van der Waals surface area contributed by atoms with E-state index in [1.165, 1.54) is 0 Å². The van der Waals surface area contributed by atoms with Crippen molar-refractivity contribution in [1.29, 1.82) is 0 Å². The molecule has 1 atom stereocenters. The molecule has 0 spiro atoms. The fourth-order valence-corrected chi connectivity index (χ4v) is 1.89. The van der Waals surface area contributed by atoms with Crippen LogP contribution in [0.15, 0.2) is 36.4 Å². The van der Waals surface area contributed by atoms with Crippen LogP contribution < -0.4 is 5.73 Å². The molecule has 1 nitrogen and oxygen atoms in total. The highest BCUT2D eigenvalue weighted by Gasteiger charge is 2.34. The number of alkyl halides is 3. The Labute approximate surface area is 116 Å². The van der Waals surface area contributed by atoms with Gasteiger partial charge in [0, 0.05) is 5.56 Å². The van der Waals surface area contributed by atoms with Gasteiger partial charge in [-0.25, -0.2) is 13.2 Å². The maximum atomic E-state index is 13.6. The summed E-state index contributed by atoms with van der Waals surface area (Å²) in [4.78, 5) is 0. The fraction of sp³-hybridized carbons (Fsp3) is 0.143. The summed E-state index contributed by atoms with van der Waals surface area (Å²) < 4.78 is 77.7. The van der Waals surface area contributed by atoms with Crippen LogP contribution in [0.2, 0.25) is 0 Å². The standard InChI is InChI=1S/C14H9F6N/c15-8-2-4-11(16)9(6-8)13(21)7-1-3-12(17)10(5-7)14(18,19)20/h1-6,13H,21H2. The molecule has 2 aromatic rings. The van der Waals surface area contributed by atoms with E-state index in [0.717, 1.165) is 24.3 Å². The van der Waals surface area contributed by atoms with E-state index in [1.54, 1.807) is 0 Å². The predicted molar refractivity (Wildman–Crippen MR) is 63.8 cm³/mol. The molecule has 21 heavy (non-hydrogen) atoms. The number of hydrogen-bond donors (Lipinski definition) is 1. The van der Waals surface area contributed by atoms with Crippen LogP contribution in [0.1, 0.15) is 22.7 Å². The molecule has 1 unspecified atom stereocenters. The fourth-order valence-electron chi connectivity index (χ4n) is 1.89. The first-order valence-electron chi connectivity index (χ1n) is 5.77. The molecule has 0 amide bonds. The van der Waals surface area contributed by atoms with Crippen molar-refractivity contribution < 1.29 is 26.3 Å². The van der Waals surface area contributed by atoms with Gasteiger partial charge in [0.2, 0.25) is 0 Å². The lowest BCUT2D eigenvalue weighted by Gasteiger charge is -2.16. The summed E-state index contributed by atoms with van der Waals surface area (Å²) in [6.07, 6.45) is -4.90. The first-order valence-corrected chi connectivity index (χ1v) is 5.77. The maximum Gasteiger partial charge on any atom is 0.419 e. The van der Waals surface area contributed by atoms with Crippen LogP contribution in [0.4, 0.5) is 26.3 Å². The number of hydrogen-bond acceptors (Lipinski definition) is 1. The van der Waals surface area contributed by atoms with Crippen LogP contribution >= 0.6 is 0 Å². The van der Waals surface area contributed by atoms with E-state index in [0.29, 0.717) is 12.1 Å². The molecule has 0 saturated heterocycles. The highest BCUT2D eigenvalue weighted by molar-refractivity contribution is 5.36. The Hall–Kier alpha value is -2.02. The number of halogens is 6. The van der Waals surface area contributed by atoms with Crippen molar-refractivity contribution in [1.82, 2.24) is 0 Å². The van der Waals surface area contributed by atoms with E-state index in [4.69, 9.17) is 5.73 Å². The molecule has 0 aliphatic rings. The summed E-state index contributed by atoms with van der Waals surface area (Å²) in [5.41, 5.74) is 3.66. The van der Waals surface area contributed by atoms with Crippen molar-refractivity contribution in [3.05, 3.63) is 70.5 Å². The molecule has 0 radical (unpaired) electrons. The highest BCUT2D eigenvalue weighted by Crippen LogP contribution is 2.34. The smallest absolute Gasteiger partial charge is 0.320 e. The Bertz CT molecular complexity index is 665.